The molecule has 0 radical (unpaired) electrons. The fourth-order valence-corrected chi connectivity index (χ4v) is 2.32. The molecule has 2 heterocycles. The molecule has 1 aliphatic rings. The van der Waals surface area contributed by atoms with Gasteiger partial charge in [-0.1, -0.05) is 13.3 Å². The summed E-state index contributed by atoms with van der Waals surface area (Å²) in [6.45, 7) is 5.30. The van der Waals surface area contributed by atoms with Crippen molar-refractivity contribution in [2.75, 3.05) is 13.1 Å². The number of amides is 2. The highest BCUT2D eigenvalue weighted by molar-refractivity contribution is 5.94. The Bertz CT molecular complexity index is 469. The van der Waals surface area contributed by atoms with Gasteiger partial charge in [0, 0.05) is 25.5 Å². The van der Waals surface area contributed by atoms with E-state index in [4.69, 9.17) is 0 Å². The van der Waals surface area contributed by atoms with Gasteiger partial charge in [0.2, 0.25) is 11.8 Å². The minimum atomic E-state index is -0.352. The zero-order valence-corrected chi connectivity index (χ0v) is 11.4. The largest absolute Gasteiger partial charge is 0.343 e. The smallest absolute Gasteiger partial charge is 0.245 e. The number of piperazine rings is 1. The number of hydrogen-bond donors (Lipinski definition) is 1. The Kier molecular flexibility index (Phi) is 4.19. The molecule has 0 bridgehead atoms. The molecular weight excluding hydrogens is 244 g/mol. The number of carbonyl (C=O) groups is 2. The molecule has 2 amide bonds. The van der Waals surface area contributed by atoms with Crippen LogP contribution < -0.4 is 5.32 Å². The maximum absolute atomic E-state index is 12.2. The summed E-state index contributed by atoms with van der Waals surface area (Å²) in [7, 11) is 0. The molecule has 0 aliphatic carbocycles. The third kappa shape index (κ3) is 3.13. The van der Waals surface area contributed by atoms with Crippen LogP contribution in [0, 0.1) is 6.92 Å². The molecule has 1 aliphatic heterocycles. The number of hydrogen-bond acceptors (Lipinski definition) is 3. The normalized spacial score (nSPS) is 19.7. The van der Waals surface area contributed by atoms with Gasteiger partial charge >= 0.3 is 0 Å². The highest BCUT2D eigenvalue weighted by Gasteiger charge is 2.31. The van der Waals surface area contributed by atoms with Crippen molar-refractivity contribution in [2.45, 2.75) is 39.3 Å². The van der Waals surface area contributed by atoms with Gasteiger partial charge in [-0.05, 0) is 13.3 Å². The molecule has 0 saturated carbocycles. The Morgan fingerprint density at radius 2 is 2.21 bits per heavy atom. The van der Waals surface area contributed by atoms with E-state index in [1.807, 2.05) is 24.6 Å². The summed E-state index contributed by atoms with van der Waals surface area (Å²) >= 11 is 0. The number of aryl methyl sites for hydroxylation is 1. The second-order valence-electron chi connectivity index (χ2n) is 4.84. The van der Waals surface area contributed by atoms with Crippen LogP contribution in [0.15, 0.2) is 12.4 Å². The highest BCUT2D eigenvalue weighted by atomic mass is 16.2. The molecule has 19 heavy (non-hydrogen) atoms. The summed E-state index contributed by atoms with van der Waals surface area (Å²) in [5.41, 5.74) is 0. The number of nitrogens with one attached hydrogen (secondary N) is 1. The van der Waals surface area contributed by atoms with Gasteiger partial charge in [0.25, 0.3) is 0 Å². The van der Waals surface area contributed by atoms with Crippen LogP contribution in [0.3, 0.4) is 0 Å². The SMILES string of the molecule is CCCC1NC(=O)CN(CCn2ccnc2C)C1=O. The van der Waals surface area contributed by atoms with E-state index in [2.05, 4.69) is 10.3 Å². The van der Waals surface area contributed by atoms with Gasteiger partial charge in [-0.15, -0.1) is 0 Å². The number of nitrogens with zero attached hydrogens (tertiary/aromatic N) is 3. The van der Waals surface area contributed by atoms with Gasteiger partial charge in [-0.3, -0.25) is 9.59 Å². The second kappa shape index (κ2) is 5.86. The number of rotatable bonds is 5. The molecule has 1 fully saturated rings. The lowest BCUT2D eigenvalue weighted by Gasteiger charge is -2.32. The van der Waals surface area contributed by atoms with E-state index < -0.39 is 0 Å². The van der Waals surface area contributed by atoms with Crippen LogP contribution in [0.5, 0.6) is 0 Å². The van der Waals surface area contributed by atoms with Crippen molar-refractivity contribution in [3.05, 3.63) is 18.2 Å². The van der Waals surface area contributed by atoms with E-state index in [9.17, 15) is 9.59 Å². The molecule has 1 N–H and O–H groups in total. The van der Waals surface area contributed by atoms with E-state index in [-0.39, 0.29) is 24.4 Å². The quantitative estimate of drug-likeness (QED) is 0.832. The first-order chi connectivity index (χ1) is 9.11. The topological polar surface area (TPSA) is 67.2 Å². The summed E-state index contributed by atoms with van der Waals surface area (Å²) in [6.07, 6.45) is 5.20. The fourth-order valence-electron chi connectivity index (χ4n) is 2.32. The first kappa shape index (κ1) is 13.6. The summed E-state index contributed by atoms with van der Waals surface area (Å²) in [5, 5.41) is 2.75. The van der Waals surface area contributed by atoms with Gasteiger partial charge in [0.05, 0.1) is 6.54 Å². The van der Waals surface area contributed by atoms with E-state index in [1.54, 1.807) is 11.1 Å². The zero-order chi connectivity index (χ0) is 13.8. The molecule has 1 saturated heterocycles. The lowest BCUT2D eigenvalue weighted by atomic mass is 10.1. The zero-order valence-electron chi connectivity index (χ0n) is 11.4. The Balaban J connectivity index is 1.96. The minimum absolute atomic E-state index is 0.0271. The molecule has 0 spiro atoms. The third-order valence-corrected chi connectivity index (χ3v) is 3.39. The second-order valence-corrected chi connectivity index (χ2v) is 4.84. The van der Waals surface area contributed by atoms with E-state index in [0.29, 0.717) is 19.5 Å². The fraction of sp³-hybridized carbons (Fsp3) is 0.615. The van der Waals surface area contributed by atoms with Crippen molar-refractivity contribution < 1.29 is 9.59 Å². The average Bonchev–Trinajstić information content (AvgIpc) is 2.77. The van der Waals surface area contributed by atoms with Gasteiger partial charge in [-0.25, -0.2) is 4.98 Å². The molecule has 1 aromatic heterocycles. The van der Waals surface area contributed by atoms with Crippen LogP contribution in [0.1, 0.15) is 25.6 Å². The van der Waals surface area contributed by atoms with E-state index >= 15 is 0 Å². The molecule has 104 valence electrons. The standard InChI is InChI=1S/C13H20N4O2/c1-3-4-11-13(19)17(9-12(18)15-11)8-7-16-6-5-14-10(16)2/h5-6,11H,3-4,7-9H2,1-2H3,(H,15,18). The van der Waals surface area contributed by atoms with Gasteiger partial charge in [-0.2, -0.15) is 0 Å². The molecule has 0 aromatic carbocycles. The summed E-state index contributed by atoms with van der Waals surface area (Å²) in [4.78, 5) is 29.6. The Hall–Kier alpha value is -1.85. The lowest BCUT2D eigenvalue weighted by Crippen LogP contribution is -2.58. The molecule has 6 heteroatoms. The van der Waals surface area contributed by atoms with Crippen LogP contribution in [0.2, 0.25) is 0 Å². The van der Waals surface area contributed by atoms with Gasteiger partial charge in [0.1, 0.15) is 11.9 Å². The predicted octanol–water partition coefficient (Wildman–Crippen LogP) is 0.319. The van der Waals surface area contributed by atoms with Crippen molar-refractivity contribution in [1.82, 2.24) is 19.8 Å². The van der Waals surface area contributed by atoms with Crippen molar-refractivity contribution in [2.24, 2.45) is 0 Å². The van der Waals surface area contributed by atoms with Crippen LogP contribution in [0.25, 0.3) is 0 Å². The molecule has 1 unspecified atom stereocenters. The van der Waals surface area contributed by atoms with Gasteiger partial charge in [0.15, 0.2) is 0 Å². The summed E-state index contributed by atoms with van der Waals surface area (Å²) < 4.78 is 1.98. The van der Waals surface area contributed by atoms with Crippen molar-refractivity contribution in [1.29, 1.82) is 0 Å². The average molecular weight is 264 g/mol. The maximum Gasteiger partial charge on any atom is 0.245 e. The van der Waals surface area contributed by atoms with Crippen LogP contribution in [0.4, 0.5) is 0 Å². The Labute approximate surface area is 112 Å². The highest BCUT2D eigenvalue weighted by Crippen LogP contribution is 2.08. The number of aromatic nitrogens is 2. The number of imidazole rings is 1. The molecule has 6 nitrogen and oxygen atoms in total. The van der Waals surface area contributed by atoms with Crippen LogP contribution >= 0.6 is 0 Å². The number of carbonyl (C=O) groups excluding carboxylic acids is 2. The molecular formula is C13H20N4O2. The first-order valence-corrected chi connectivity index (χ1v) is 6.67. The minimum Gasteiger partial charge on any atom is -0.343 e. The molecule has 1 aromatic rings. The lowest BCUT2D eigenvalue weighted by molar-refractivity contribution is -0.144. The summed E-state index contributed by atoms with van der Waals surface area (Å²) in [5.74, 6) is 0.874. The molecule has 1 atom stereocenters. The summed E-state index contributed by atoms with van der Waals surface area (Å²) in [6, 6.07) is -0.352. The Morgan fingerprint density at radius 3 is 2.84 bits per heavy atom. The molecule has 2 rings (SSSR count). The first-order valence-electron chi connectivity index (χ1n) is 6.67. The van der Waals surface area contributed by atoms with Crippen molar-refractivity contribution in [3.63, 3.8) is 0 Å². The maximum atomic E-state index is 12.2. The van der Waals surface area contributed by atoms with Gasteiger partial charge < -0.3 is 14.8 Å². The van der Waals surface area contributed by atoms with Crippen LogP contribution in [-0.2, 0) is 16.1 Å². The Morgan fingerprint density at radius 1 is 1.42 bits per heavy atom. The predicted molar refractivity (Wildman–Crippen MR) is 70.4 cm³/mol. The monoisotopic (exact) mass is 264 g/mol. The van der Waals surface area contributed by atoms with E-state index in [1.165, 1.54) is 0 Å². The van der Waals surface area contributed by atoms with Crippen molar-refractivity contribution in [3.8, 4) is 0 Å². The van der Waals surface area contributed by atoms with E-state index in [0.717, 1.165) is 12.2 Å². The van der Waals surface area contributed by atoms with Crippen LogP contribution in [-0.4, -0.2) is 45.4 Å². The third-order valence-electron chi connectivity index (χ3n) is 3.39. The van der Waals surface area contributed by atoms with Crippen molar-refractivity contribution >= 4 is 11.8 Å².